The number of anilines is 1. The number of ether oxygens (including phenoxy) is 1. The highest BCUT2D eigenvalue weighted by Crippen LogP contribution is 2.18. The number of hydrogen-bond acceptors (Lipinski definition) is 3. The highest BCUT2D eigenvalue weighted by Gasteiger charge is 2.13. The van der Waals surface area contributed by atoms with Crippen LogP contribution in [0.2, 0.25) is 0 Å². The summed E-state index contributed by atoms with van der Waals surface area (Å²) >= 11 is 9.11. The Bertz CT molecular complexity index is 849. The molecule has 1 N–H and O–H groups in total. The first kappa shape index (κ1) is 19.5. The van der Waals surface area contributed by atoms with Crippen molar-refractivity contribution in [2.24, 2.45) is 0 Å². The van der Waals surface area contributed by atoms with Gasteiger partial charge < -0.3 is 19.4 Å². The van der Waals surface area contributed by atoms with Crippen LogP contribution in [0.25, 0.3) is 0 Å². The molecule has 3 aromatic rings. The molecule has 27 heavy (non-hydrogen) atoms. The topological polar surface area (TPSA) is 37.6 Å². The van der Waals surface area contributed by atoms with E-state index in [9.17, 15) is 0 Å². The van der Waals surface area contributed by atoms with Gasteiger partial charge in [-0.25, -0.2) is 0 Å². The van der Waals surface area contributed by atoms with Gasteiger partial charge in [-0.15, -0.1) is 0 Å². The SMILES string of the molecule is CCOc1ccc(CN(Cc2ccco2)C(=S)Nc2ccc(Br)cc2)cc1. The molecule has 0 unspecified atom stereocenters. The molecule has 4 nitrogen and oxygen atoms in total. The van der Waals surface area contributed by atoms with E-state index in [4.69, 9.17) is 21.4 Å². The van der Waals surface area contributed by atoms with E-state index in [0.29, 0.717) is 24.8 Å². The molecule has 0 aliphatic heterocycles. The zero-order valence-electron chi connectivity index (χ0n) is 15.0. The third-order valence-electron chi connectivity index (χ3n) is 3.92. The molecule has 0 amide bonds. The lowest BCUT2D eigenvalue weighted by atomic mass is 10.2. The van der Waals surface area contributed by atoms with Gasteiger partial charge in [-0.3, -0.25) is 0 Å². The summed E-state index contributed by atoms with van der Waals surface area (Å²) in [5.74, 6) is 1.73. The van der Waals surface area contributed by atoms with Gasteiger partial charge in [0.1, 0.15) is 11.5 Å². The molecule has 0 aliphatic carbocycles. The Hall–Kier alpha value is -2.31. The van der Waals surface area contributed by atoms with E-state index in [-0.39, 0.29) is 0 Å². The number of halogens is 1. The molecule has 0 fully saturated rings. The fourth-order valence-corrected chi connectivity index (χ4v) is 3.12. The Balaban J connectivity index is 1.73. The second kappa shape index (κ2) is 9.58. The van der Waals surface area contributed by atoms with E-state index in [1.807, 2.05) is 55.5 Å². The van der Waals surface area contributed by atoms with E-state index >= 15 is 0 Å². The lowest BCUT2D eigenvalue weighted by Gasteiger charge is -2.25. The summed E-state index contributed by atoms with van der Waals surface area (Å²) in [5, 5.41) is 3.95. The van der Waals surface area contributed by atoms with Crippen molar-refractivity contribution < 1.29 is 9.15 Å². The Kier molecular flexibility index (Phi) is 6.90. The van der Waals surface area contributed by atoms with Crippen LogP contribution in [0, 0.1) is 0 Å². The van der Waals surface area contributed by atoms with E-state index in [1.54, 1.807) is 6.26 Å². The van der Waals surface area contributed by atoms with Crippen LogP contribution < -0.4 is 10.1 Å². The number of nitrogens with one attached hydrogen (secondary N) is 1. The van der Waals surface area contributed by atoms with Crippen LogP contribution in [0.4, 0.5) is 5.69 Å². The molecule has 0 saturated heterocycles. The maximum atomic E-state index is 5.67. The molecule has 0 radical (unpaired) electrons. The van der Waals surface area contributed by atoms with Crippen molar-refractivity contribution in [2.45, 2.75) is 20.0 Å². The molecule has 0 aliphatic rings. The molecule has 6 heteroatoms. The number of rotatable bonds is 7. The molecular weight excluding hydrogens is 424 g/mol. The van der Waals surface area contributed by atoms with Crippen LogP contribution >= 0.6 is 28.1 Å². The molecular formula is C21H21BrN2O2S. The van der Waals surface area contributed by atoms with Gasteiger partial charge in [0.05, 0.1) is 19.4 Å². The van der Waals surface area contributed by atoms with Crippen LogP contribution in [-0.4, -0.2) is 16.6 Å². The van der Waals surface area contributed by atoms with Crippen molar-refractivity contribution in [1.29, 1.82) is 0 Å². The third kappa shape index (κ3) is 5.84. The highest BCUT2D eigenvalue weighted by molar-refractivity contribution is 9.10. The zero-order chi connectivity index (χ0) is 19.1. The van der Waals surface area contributed by atoms with Gasteiger partial charge in [0, 0.05) is 16.7 Å². The molecule has 0 bridgehead atoms. The van der Waals surface area contributed by atoms with Crippen molar-refractivity contribution >= 4 is 38.9 Å². The average Bonchev–Trinajstić information content (AvgIpc) is 3.18. The second-order valence-corrected chi connectivity index (χ2v) is 7.25. The van der Waals surface area contributed by atoms with Crippen molar-refractivity contribution in [3.05, 3.63) is 82.7 Å². The Labute approximate surface area is 173 Å². The summed E-state index contributed by atoms with van der Waals surface area (Å²) in [6.07, 6.45) is 1.68. The Morgan fingerprint density at radius 3 is 2.44 bits per heavy atom. The standard InChI is InChI=1S/C21H21BrN2O2S/c1-2-25-19-11-5-16(6-12-19)14-24(15-20-4-3-13-26-20)21(27)23-18-9-7-17(22)8-10-18/h3-13H,2,14-15H2,1H3,(H,23,27). The van der Waals surface area contributed by atoms with E-state index in [0.717, 1.165) is 27.2 Å². The van der Waals surface area contributed by atoms with Crippen molar-refractivity contribution in [2.75, 3.05) is 11.9 Å². The minimum absolute atomic E-state index is 0.586. The molecule has 0 saturated carbocycles. The average molecular weight is 445 g/mol. The van der Waals surface area contributed by atoms with Crippen LogP contribution in [0.15, 0.2) is 75.8 Å². The summed E-state index contributed by atoms with van der Waals surface area (Å²) in [4.78, 5) is 2.08. The summed E-state index contributed by atoms with van der Waals surface area (Å²) < 4.78 is 12.1. The second-order valence-electron chi connectivity index (χ2n) is 5.95. The van der Waals surface area contributed by atoms with Gasteiger partial charge in [-0.1, -0.05) is 28.1 Å². The molecule has 0 atom stereocenters. The quantitative estimate of drug-likeness (QED) is 0.463. The normalized spacial score (nSPS) is 10.4. The first-order chi connectivity index (χ1) is 13.1. The monoisotopic (exact) mass is 444 g/mol. The van der Waals surface area contributed by atoms with Crippen LogP contribution in [0.5, 0.6) is 5.75 Å². The largest absolute Gasteiger partial charge is 0.494 e. The number of nitrogens with zero attached hydrogens (tertiary/aromatic N) is 1. The third-order valence-corrected chi connectivity index (χ3v) is 4.81. The van der Waals surface area contributed by atoms with E-state index in [2.05, 4.69) is 38.3 Å². The van der Waals surface area contributed by atoms with Crippen molar-refractivity contribution in [1.82, 2.24) is 4.90 Å². The van der Waals surface area contributed by atoms with Gasteiger partial charge in [-0.05, 0) is 73.2 Å². The predicted octanol–water partition coefficient (Wildman–Crippen LogP) is 5.84. The van der Waals surface area contributed by atoms with Gasteiger partial charge in [0.2, 0.25) is 0 Å². The summed E-state index contributed by atoms with van der Waals surface area (Å²) in [5.41, 5.74) is 2.09. The summed E-state index contributed by atoms with van der Waals surface area (Å²) in [7, 11) is 0. The van der Waals surface area contributed by atoms with Crippen molar-refractivity contribution in [3.63, 3.8) is 0 Å². The molecule has 0 spiro atoms. The first-order valence-corrected chi connectivity index (χ1v) is 9.90. The van der Waals surface area contributed by atoms with Gasteiger partial charge in [-0.2, -0.15) is 0 Å². The number of thiocarbonyl (C=S) groups is 1. The van der Waals surface area contributed by atoms with Gasteiger partial charge in [0.25, 0.3) is 0 Å². The molecule has 3 rings (SSSR count). The first-order valence-electron chi connectivity index (χ1n) is 8.69. The summed E-state index contributed by atoms with van der Waals surface area (Å²) in [6, 6.07) is 19.8. The lowest BCUT2D eigenvalue weighted by Crippen LogP contribution is -2.33. The molecule has 1 heterocycles. The van der Waals surface area contributed by atoms with Crippen LogP contribution in [0.3, 0.4) is 0 Å². The van der Waals surface area contributed by atoms with E-state index < -0.39 is 0 Å². The molecule has 1 aromatic heterocycles. The smallest absolute Gasteiger partial charge is 0.174 e. The number of hydrogen-bond donors (Lipinski definition) is 1. The zero-order valence-corrected chi connectivity index (χ0v) is 17.4. The van der Waals surface area contributed by atoms with Crippen molar-refractivity contribution in [3.8, 4) is 5.75 Å². The molecule has 2 aromatic carbocycles. The minimum atomic E-state index is 0.586. The Morgan fingerprint density at radius 1 is 1.07 bits per heavy atom. The predicted molar refractivity (Wildman–Crippen MR) is 116 cm³/mol. The number of furan rings is 1. The number of benzene rings is 2. The maximum Gasteiger partial charge on any atom is 0.174 e. The molecule has 140 valence electrons. The maximum absolute atomic E-state index is 5.67. The minimum Gasteiger partial charge on any atom is -0.494 e. The van der Waals surface area contributed by atoms with Crippen LogP contribution in [-0.2, 0) is 13.1 Å². The van der Waals surface area contributed by atoms with Gasteiger partial charge in [0.15, 0.2) is 5.11 Å². The summed E-state index contributed by atoms with van der Waals surface area (Å²) in [6.45, 7) is 3.88. The Morgan fingerprint density at radius 2 is 1.81 bits per heavy atom. The fourth-order valence-electron chi connectivity index (χ4n) is 2.60. The fraction of sp³-hybridized carbons (Fsp3) is 0.190. The lowest BCUT2D eigenvalue weighted by molar-refractivity contribution is 0.339. The van der Waals surface area contributed by atoms with Crippen LogP contribution in [0.1, 0.15) is 18.2 Å². The van der Waals surface area contributed by atoms with E-state index in [1.165, 1.54) is 0 Å². The highest BCUT2D eigenvalue weighted by atomic mass is 79.9. The van der Waals surface area contributed by atoms with Gasteiger partial charge >= 0.3 is 0 Å².